The first-order chi connectivity index (χ1) is 6.26. The average Bonchev–Trinajstić information content (AvgIpc) is 2.00. The number of hydrogen-bond donors (Lipinski definition) is 2. The largest absolute Gasteiger partial charge is 0.469 e. The Labute approximate surface area is 85.4 Å². The molecular weight excluding hydrogens is 182 g/mol. The second-order valence-corrected chi connectivity index (χ2v) is 4.44. The molecule has 0 fully saturated rings. The molecule has 0 aromatic heterocycles. The van der Waals surface area contributed by atoms with Crippen molar-refractivity contribution in [2.45, 2.75) is 45.3 Å². The number of ether oxygens (including phenoxy) is 1. The molecule has 2 atom stereocenters. The molecule has 0 spiro atoms. The predicted octanol–water partition coefficient (Wildman–Crippen LogP) is 0.674. The minimum atomic E-state index is -0.743. The summed E-state index contributed by atoms with van der Waals surface area (Å²) < 4.78 is 4.52. The highest BCUT2D eigenvalue weighted by Gasteiger charge is 2.23. The lowest BCUT2D eigenvalue weighted by Crippen LogP contribution is -2.35. The third kappa shape index (κ3) is 5.94. The number of esters is 1. The van der Waals surface area contributed by atoms with Crippen molar-refractivity contribution in [3.05, 3.63) is 0 Å². The lowest BCUT2D eigenvalue weighted by atomic mass is 9.88. The van der Waals surface area contributed by atoms with Crippen molar-refractivity contribution in [2.24, 2.45) is 11.7 Å². The fourth-order valence-electron chi connectivity index (χ4n) is 1.42. The molecule has 0 aromatic rings. The molecule has 0 bridgehead atoms. The topological polar surface area (TPSA) is 72.5 Å². The second-order valence-electron chi connectivity index (χ2n) is 4.44. The third-order valence-corrected chi connectivity index (χ3v) is 2.18. The minimum absolute atomic E-state index is 0.0918. The van der Waals surface area contributed by atoms with Gasteiger partial charge in [0, 0.05) is 6.04 Å². The van der Waals surface area contributed by atoms with Gasteiger partial charge in [0.2, 0.25) is 0 Å². The van der Waals surface area contributed by atoms with Gasteiger partial charge in [0.25, 0.3) is 0 Å². The standard InChI is InChI=1S/C10H21NO3/c1-7(6-10(2,3)13)8(11)5-9(12)14-4/h7-8,13H,5-6,11H2,1-4H3/t7-,8+/m0/s1. The van der Waals surface area contributed by atoms with E-state index in [9.17, 15) is 9.90 Å². The van der Waals surface area contributed by atoms with Crippen molar-refractivity contribution in [3.8, 4) is 0 Å². The molecule has 4 heteroatoms. The Morgan fingerprint density at radius 1 is 1.57 bits per heavy atom. The zero-order chi connectivity index (χ0) is 11.4. The summed E-state index contributed by atoms with van der Waals surface area (Å²) in [4.78, 5) is 10.9. The smallest absolute Gasteiger partial charge is 0.307 e. The van der Waals surface area contributed by atoms with E-state index < -0.39 is 5.60 Å². The van der Waals surface area contributed by atoms with E-state index in [1.54, 1.807) is 13.8 Å². The van der Waals surface area contributed by atoms with Crippen LogP contribution in [0.15, 0.2) is 0 Å². The third-order valence-electron chi connectivity index (χ3n) is 2.18. The van der Waals surface area contributed by atoms with E-state index in [4.69, 9.17) is 5.73 Å². The van der Waals surface area contributed by atoms with Gasteiger partial charge in [0.1, 0.15) is 0 Å². The van der Waals surface area contributed by atoms with Crippen molar-refractivity contribution >= 4 is 5.97 Å². The van der Waals surface area contributed by atoms with Gasteiger partial charge in [-0.05, 0) is 26.2 Å². The maximum absolute atomic E-state index is 10.9. The molecule has 0 rings (SSSR count). The Balaban J connectivity index is 3.99. The Kier molecular flexibility index (Phi) is 5.08. The van der Waals surface area contributed by atoms with E-state index in [2.05, 4.69) is 4.74 Å². The number of nitrogens with two attached hydrogens (primary N) is 1. The Bertz CT molecular complexity index is 186. The lowest BCUT2D eigenvalue weighted by Gasteiger charge is -2.25. The van der Waals surface area contributed by atoms with E-state index in [1.165, 1.54) is 7.11 Å². The first-order valence-electron chi connectivity index (χ1n) is 4.81. The number of carbonyl (C=O) groups is 1. The first-order valence-corrected chi connectivity index (χ1v) is 4.81. The van der Waals surface area contributed by atoms with Crippen LogP contribution < -0.4 is 5.73 Å². The molecule has 0 aliphatic rings. The van der Waals surface area contributed by atoms with E-state index >= 15 is 0 Å². The number of hydrogen-bond acceptors (Lipinski definition) is 4. The van der Waals surface area contributed by atoms with Crippen molar-refractivity contribution < 1.29 is 14.6 Å². The molecule has 0 aromatic carbocycles. The number of carbonyl (C=O) groups excluding carboxylic acids is 1. The van der Waals surface area contributed by atoms with Gasteiger partial charge in [-0.1, -0.05) is 6.92 Å². The summed E-state index contributed by atoms with van der Waals surface area (Å²) in [6.45, 7) is 5.38. The summed E-state index contributed by atoms with van der Waals surface area (Å²) in [5, 5.41) is 9.56. The lowest BCUT2D eigenvalue weighted by molar-refractivity contribution is -0.141. The molecule has 0 unspecified atom stereocenters. The molecule has 14 heavy (non-hydrogen) atoms. The molecule has 0 amide bonds. The quantitative estimate of drug-likeness (QED) is 0.644. The highest BCUT2D eigenvalue weighted by atomic mass is 16.5. The van der Waals surface area contributed by atoms with Gasteiger partial charge in [0.15, 0.2) is 0 Å². The number of aliphatic hydroxyl groups is 1. The molecular formula is C10H21NO3. The van der Waals surface area contributed by atoms with Crippen LogP contribution in [0.5, 0.6) is 0 Å². The maximum atomic E-state index is 10.9. The summed E-state index contributed by atoms with van der Waals surface area (Å²) >= 11 is 0. The summed E-state index contributed by atoms with van der Waals surface area (Å²) in [6, 6.07) is -0.256. The van der Waals surface area contributed by atoms with Crippen LogP contribution in [0.4, 0.5) is 0 Å². The van der Waals surface area contributed by atoms with Gasteiger partial charge in [-0.15, -0.1) is 0 Å². The van der Waals surface area contributed by atoms with Crippen molar-refractivity contribution in [1.82, 2.24) is 0 Å². The Hall–Kier alpha value is -0.610. The van der Waals surface area contributed by atoms with Crippen molar-refractivity contribution in [1.29, 1.82) is 0 Å². The van der Waals surface area contributed by atoms with E-state index in [-0.39, 0.29) is 24.3 Å². The fraction of sp³-hybridized carbons (Fsp3) is 0.900. The summed E-state index contributed by atoms with van der Waals surface area (Å²) in [5.74, 6) is -0.214. The summed E-state index contributed by atoms with van der Waals surface area (Å²) in [7, 11) is 1.34. The van der Waals surface area contributed by atoms with Gasteiger partial charge in [0.05, 0.1) is 19.1 Å². The van der Waals surface area contributed by atoms with Crippen LogP contribution >= 0.6 is 0 Å². The average molecular weight is 203 g/mol. The second kappa shape index (κ2) is 5.32. The van der Waals surface area contributed by atoms with Crippen LogP contribution in [0.3, 0.4) is 0 Å². The minimum Gasteiger partial charge on any atom is -0.469 e. The highest BCUT2D eigenvalue weighted by Crippen LogP contribution is 2.19. The van der Waals surface area contributed by atoms with Crippen molar-refractivity contribution in [2.75, 3.05) is 7.11 Å². The molecule has 4 nitrogen and oxygen atoms in total. The molecule has 0 aliphatic carbocycles. The van der Waals surface area contributed by atoms with Gasteiger partial charge in [-0.3, -0.25) is 4.79 Å². The molecule has 0 radical (unpaired) electrons. The SMILES string of the molecule is COC(=O)C[C@@H](N)[C@@H](C)CC(C)(C)O. The maximum Gasteiger partial charge on any atom is 0.307 e. The molecule has 0 saturated heterocycles. The van der Waals surface area contributed by atoms with Crippen LogP contribution in [-0.4, -0.2) is 29.8 Å². The number of rotatable bonds is 5. The molecule has 3 N–H and O–H groups in total. The zero-order valence-corrected chi connectivity index (χ0v) is 9.41. The Morgan fingerprint density at radius 3 is 2.43 bits per heavy atom. The van der Waals surface area contributed by atoms with E-state index in [0.29, 0.717) is 6.42 Å². The zero-order valence-electron chi connectivity index (χ0n) is 9.41. The normalized spacial score (nSPS) is 16.1. The van der Waals surface area contributed by atoms with Gasteiger partial charge in [-0.25, -0.2) is 0 Å². The summed E-state index contributed by atoms with van der Waals surface area (Å²) in [6.07, 6.45) is 0.777. The number of methoxy groups -OCH3 is 1. The van der Waals surface area contributed by atoms with Crippen LogP contribution in [0.2, 0.25) is 0 Å². The molecule has 0 saturated carbocycles. The highest BCUT2D eigenvalue weighted by molar-refractivity contribution is 5.69. The molecule has 84 valence electrons. The fourth-order valence-corrected chi connectivity index (χ4v) is 1.42. The summed E-state index contributed by atoms with van der Waals surface area (Å²) in [5.41, 5.74) is 5.05. The van der Waals surface area contributed by atoms with E-state index in [0.717, 1.165) is 0 Å². The molecule has 0 heterocycles. The molecule has 0 aliphatic heterocycles. The Morgan fingerprint density at radius 2 is 2.07 bits per heavy atom. The van der Waals surface area contributed by atoms with Crippen LogP contribution in [-0.2, 0) is 9.53 Å². The van der Waals surface area contributed by atoms with Crippen molar-refractivity contribution in [3.63, 3.8) is 0 Å². The van der Waals surface area contributed by atoms with E-state index in [1.807, 2.05) is 6.92 Å². The van der Waals surface area contributed by atoms with Crippen LogP contribution in [0.1, 0.15) is 33.6 Å². The predicted molar refractivity (Wildman–Crippen MR) is 54.7 cm³/mol. The van der Waals surface area contributed by atoms with Crippen LogP contribution in [0.25, 0.3) is 0 Å². The monoisotopic (exact) mass is 203 g/mol. The van der Waals surface area contributed by atoms with Gasteiger partial charge >= 0.3 is 5.97 Å². The first kappa shape index (κ1) is 13.4. The van der Waals surface area contributed by atoms with Gasteiger partial charge in [-0.2, -0.15) is 0 Å². The van der Waals surface area contributed by atoms with Gasteiger partial charge < -0.3 is 15.6 Å². The van der Waals surface area contributed by atoms with Crippen LogP contribution in [0, 0.1) is 5.92 Å².